The van der Waals surface area contributed by atoms with Gasteiger partial charge in [0.1, 0.15) is 5.75 Å². The lowest BCUT2D eigenvalue weighted by Crippen LogP contribution is -2.42. The second kappa shape index (κ2) is 4.46. The van der Waals surface area contributed by atoms with Crippen LogP contribution in [-0.4, -0.2) is 29.7 Å². The average molecular weight is 223 g/mol. The van der Waals surface area contributed by atoms with Crippen LogP contribution >= 0.6 is 0 Å². The summed E-state index contributed by atoms with van der Waals surface area (Å²) >= 11 is 0. The van der Waals surface area contributed by atoms with Crippen LogP contribution in [0.2, 0.25) is 0 Å². The van der Waals surface area contributed by atoms with Gasteiger partial charge in [-0.1, -0.05) is 0 Å². The largest absolute Gasteiger partial charge is 0.508 e. The monoisotopic (exact) mass is 223 g/mol. The molecule has 3 N–H and O–H groups in total. The summed E-state index contributed by atoms with van der Waals surface area (Å²) in [5, 5.41) is 26.7. The summed E-state index contributed by atoms with van der Waals surface area (Å²) in [5.74, 6) is 0.0896. The Labute approximate surface area is 92.4 Å². The number of piperazine rings is 1. The molecular formula is C10H13N3O3. The van der Waals surface area contributed by atoms with E-state index in [1.807, 2.05) is 0 Å². The molecule has 0 bridgehead atoms. The van der Waals surface area contributed by atoms with Gasteiger partial charge in [0.15, 0.2) is 0 Å². The van der Waals surface area contributed by atoms with Gasteiger partial charge in [-0.2, -0.15) is 0 Å². The normalized spacial score (nSPS) is 20.6. The van der Waals surface area contributed by atoms with Gasteiger partial charge in [-0.05, 0) is 6.07 Å². The summed E-state index contributed by atoms with van der Waals surface area (Å²) < 4.78 is 0. The minimum Gasteiger partial charge on any atom is -0.508 e. The fourth-order valence-corrected chi connectivity index (χ4v) is 1.81. The third-order valence-electron chi connectivity index (χ3n) is 2.64. The van der Waals surface area contributed by atoms with Crippen molar-refractivity contribution in [2.45, 2.75) is 6.04 Å². The third-order valence-corrected chi connectivity index (χ3v) is 2.64. The fraction of sp³-hybridized carbons (Fsp3) is 0.400. The molecule has 0 saturated carbocycles. The number of hydrogen-bond acceptors (Lipinski definition) is 5. The van der Waals surface area contributed by atoms with Crippen LogP contribution in [0.25, 0.3) is 0 Å². The molecule has 6 heteroatoms. The van der Waals surface area contributed by atoms with Crippen LogP contribution in [0.5, 0.6) is 5.75 Å². The first-order chi connectivity index (χ1) is 7.68. The summed E-state index contributed by atoms with van der Waals surface area (Å²) in [4.78, 5) is 10.2. The molecule has 1 aromatic carbocycles. The van der Waals surface area contributed by atoms with E-state index in [0.29, 0.717) is 12.1 Å². The Kier molecular flexibility index (Phi) is 3.02. The first kappa shape index (κ1) is 10.8. The van der Waals surface area contributed by atoms with Crippen LogP contribution in [0.4, 0.5) is 5.69 Å². The minimum atomic E-state index is -0.459. The van der Waals surface area contributed by atoms with E-state index in [1.54, 1.807) is 0 Å². The molecular weight excluding hydrogens is 210 g/mol. The number of nitro groups is 1. The van der Waals surface area contributed by atoms with Gasteiger partial charge in [0.25, 0.3) is 5.69 Å². The highest BCUT2D eigenvalue weighted by molar-refractivity contribution is 5.44. The van der Waals surface area contributed by atoms with E-state index < -0.39 is 4.92 Å². The minimum absolute atomic E-state index is 0.000161. The Hall–Kier alpha value is -1.66. The first-order valence-corrected chi connectivity index (χ1v) is 5.10. The molecule has 16 heavy (non-hydrogen) atoms. The first-order valence-electron chi connectivity index (χ1n) is 5.10. The summed E-state index contributed by atoms with van der Waals surface area (Å²) in [6.45, 7) is 2.31. The van der Waals surface area contributed by atoms with E-state index in [4.69, 9.17) is 0 Å². The molecule has 1 aromatic rings. The zero-order chi connectivity index (χ0) is 11.5. The number of nitro benzene ring substituents is 1. The van der Waals surface area contributed by atoms with Crippen molar-refractivity contribution in [2.75, 3.05) is 19.6 Å². The number of rotatable bonds is 2. The smallest absolute Gasteiger partial charge is 0.270 e. The number of hydrogen-bond donors (Lipinski definition) is 3. The van der Waals surface area contributed by atoms with Crippen molar-refractivity contribution in [3.05, 3.63) is 33.9 Å². The molecule has 0 aliphatic carbocycles. The van der Waals surface area contributed by atoms with Gasteiger partial charge < -0.3 is 15.7 Å². The molecule has 1 aliphatic rings. The molecule has 1 saturated heterocycles. The molecule has 6 nitrogen and oxygen atoms in total. The summed E-state index contributed by atoms with van der Waals surface area (Å²) in [6.07, 6.45) is 0. The zero-order valence-corrected chi connectivity index (χ0v) is 8.64. The van der Waals surface area contributed by atoms with E-state index in [2.05, 4.69) is 10.6 Å². The SMILES string of the molecule is O=[N+]([O-])c1ccc(O)c([C@@H]2CNCCN2)c1. The molecule has 0 radical (unpaired) electrons. The van der Waals surface area contributed by atoms with Crippen molar-refractivity contribution in [2.24, 2.45) is 0 Å². The number of phenols is 1. The molecule has 1 atom stereocenters. The lowest BCUT2D eigenvalue weighted by molar-refractivity contribution is -0.385. The lowest BCUT2D eigenvalue weighted by Gasteiger charge is -2.25. The fourth-order valence-electron chi connectivity index (χ4n) is 1.81. The molecule has 0 aromatic heterocycles. The highest BCUT2D eigenvalue weighted by Crippen LogP contribution is 2.28. The molecule has 0 spiro atoms. The number of benzene rings is 1. The topological polar surface area (TPSA) is 87.4 Å². The van der Waals surface area contributed by atoms with E-state index in [-0.39, 0.29) is 17.5 Å². The van der Waals surface area contributed by atoms with Gasteiger partial charge in [-0.3, -0.25) is 10.1 Å². The van der Waals surface area contributed by atoms with Crippen LogP contribution in [0, 0.1) is 10.1 Å². The Morgan fingerprint density at radius 1 is 1.44 bits per heavy atom. The highest BCUT2D eigenvalue weighted by atomic mass is 16.6. The number of nitrogens with one attached hydrogen (secondary N) is 2. The Morgan fingerprint density at radius 2 is 2.25 bits per heavy atom. The molecule has 1 aliphatic heterocycles. The standard InChI is InChI=1S/C10H13N3O3/c14-10-2-1-7(13(15)16)5-8(10)9-6-11-3-4-12-9/h1-2,5,9,11-12,14H,3-4,6H2/t9-/m0/s1. The predicted octanol–water partition coefficient (Wildman–Crippen LogP) is 0.534. The van der Waals surface area contributed by atoms with E-state index >= 15 is 0 Å². The third kappa shape index (κ3) is 2.12. The van der Waals surface area contributed by atoms with Crippen LogP contribution in [0.15, 0.2) is 18.2 Å². The molecule has 0 unspecified atom stereocenters. The van der Waals surface area contributed by atoms with Crippen molar-refractivity contribution in [3.63, 3.8) is 0 Å². The van der Waals surface area contributed by atoms with Crippen LogP contribution in [0.1, 0.15) is 11.6 Å². The van der Waals surface area contributed by atoms with Gasteiger partial charge in [0, 0.05) is 43.4 Å². The van der Waals surface area contributed by atoms with Gasteiger partial charge in [-0.15, -0.1) is 0 Å². The maximum Gasteiger partial charge on any atom is 0.270 e. The molecule has 1 fully saturated rings. The average Bonchev–Trinajstić information content (AvgIpc) is 2.30. The van der Waals surface area contributed by atoms with E-state index in [0.717, 1.165) is 13.1 Å². The van der Waals surface area contributed by atoms with Crippen molar-refractivity contribution < 1.29 is 10.0 Å². The Bertz CT molecular complexity index is 402. The quantitative estimate of drug-likeness (QED) is 0.503. The van der Waals surface area contributed by atoms with Gasteiger partial charge in [-0.25, -0.2) is 0 Å². The lowest BCUT2D eigenvalue weighted by atomic mass is 10.0. The van der Waals surface area contributed by atoms with Crippen LogP contribution in [-0.2, 0) is 0 Å². The molecule has 0 amide bonds. The molecule has 2 rings (SSSR count). The van der Waals surface area contributed by atoms with E-state index in [1.165, 1.54) is 18.2 Å². The highest BCUT2D eigenvalue weighted by Gasteiger charge is 2.20. The number of nitrogens with zero attached hydrogens (tertiary/aromatic N) is 1. The van der Waals surface area contributed by atoms with Crippen molar-refractivity contribution >= 4 is 5.69 Å². The van der Waals surface area contributed by atoms with Gasteiger partial charge >= 0.3 is 0 Å². The second-order valence-electron chi connectivity index (χ2n) is 3.71. The Morgan fingerprint density at radius 3 is 2.88 bits per heavy atom. The van der Waals surface area contributed by atoms with Gasteiger partial charge in [0.05, 0.1) is 4.92 Å². The maximum atomic E-state index is 10.6. The molecule has 1 heterocycles. The summed E-state index contributed by atoms with van der Waals surface area (Å²) in [7, 11) is 0. The summed E-state index contributed by atoms with van der Waals surface area (Å²) in [5.41, 5.74) is 0.571. The number of aromatic hydroxyl groups is 1. The van der Waals surface area contributed by atoms with Crippen molar-refractivity contribution in [1.29, 1.82) is 0 Å². The van der Waals surface area contributed by atoms with E-state index in [9.17, 15) is 15.2 Å². The maximum absolute atomic E-state index is 10.6. The summed E-state index contributed by atoms with van der Waals surface area (Å²) in [6, 6.07) is 4.01. The van der Waals surface area contributed by atoms with Crippen molar-refractivity contribution in [1.82, 2.24) is 10.6 Å². The second-order valence-corrected chi connectivity index (χ2v) is 3.71. The zero-order valence-electron chi connectivity index (χ0n) is 8.64. The molecule has 86 valence electrons. The number of phenolic OH excluding ortho intramolecular Hbond substituents is 1. The number of non-ortho nitro benzene ring substituents is 1. The Balaban J connectivity index is 2.30. The van der Waals surface area contributed by atoms with Crippen LogP contribution in [0.3, 0.4) is 0 Å². The van der Waals surface area contributed by atoms with Crippen LogP contribution < -0.4 is 10.6 Å². The van der Waals surface area contributed by atoms with Crippen molar-refractivity contribution in [3.8, 4) is 5.75 Å². The van der Waals surface area contributed by atoms with Gasteiger partial charge in [0.2, 0.25) is 0 Å². The predicted molar refractivity (Wildman–Crippen MR) is 58.4 cm³/mol.